The molecule has 0 rings (SSSR count). The van der Waals surface area contributed by atoms with Crippen LogP contribution in [0.4, 0.5) is 0 Å². The Labute approximate surface area is 61.8 Å². The summed E-state index contributed by atoms with van der Waals surface area (Å²) in [5, 5.41) is 7.05. The molecule has 0 aliphatic carbocycles. The molecule has 0 saturated heterocycles. The minimum absolute atomic E-state index is 0.945. The topological polar surface area (TPSA) is 130 Å². The van der Waals surface area contributed by atoms with E-state index < -0.39 is 15.7 Å². The maximum atomic E-state index is 9.47. The zero-order valence-electron chi connectivity index (χ0n) is 5.28. The number of phosphoric acid groups is 1. The first-order valence-electron chi connectivity index (χ1n) is 1.90. The van der Waals surface area contributed by atoms with Crippen molar-refractivity contribution in [2.24, 2.45) is 0 Å². The van der Waals surface area contributed by atoms with E-state index in [-0.39, 0.29) is 0 Å². The van der Waals surface area contributed by atoms with Crippen LogP contribution in [0.5, 0.6) is 0 Å². The molecule has 0 fully saturated rings. The second-order valence-electron chi connectivity index (χ2n) is 0.978. The third kappa shape index (κ3) is 25.7. The third-order valence-electron chi connectivity index (χ3n) is 0.305. The van der Waals surface area contributed by atoms with Gasteiger partial charge in [0.1, 0.15) is 0 Å². The SMILES string of the molecule is COP(=O)(O)O.O=P(=O)OO. The van der Waals surface area contributed by atoms with Crippen molar-refractivity contribution in [3.05, 3.63) is 0 Å². The molecule has 11 heavy (non-hydrogen) atoms. The van der Waals surface area contributed by atoms with Crippen LogP contribution in [0.25, 0.3) is 0 Å². The van der Waals surface area contributed by atoms with Crippen molar-refractivity contribution in [1.29, 1.82) is 0 Å². The van der Waals surface area contributed by atoms with Crippen LogP contribution in [0.2, 0.25) is 0 Å². The molecule has 0 radical (unpaired) electrons. The first-order valence-corrected chi connectivity index (χ1v) is 4.53. The molecule has 68 valence electrons. The standard InChI is InChI=1S/CH5O4P.HO4P/c1-5-6(2,3)4;1-4-5(2)3/h1H3,(H2,2,3,4);1H. The maximum Gasteiger partial charge on any atom is 0.496 e. The van der Waals surface area contributed by atoms with Gasteiger partial charge in [-0.3, -0.25) is 4.52 Å². The van der Waals surface area contributed by atoms with E-state index in [0.717, 1.165) is 7.11 Å². The van der Waals surface area contributed by atoms with Crippen LogP contribution in [0.1, 0.15) is 0 Å². The molecular formula is CH6O8P2. The van der Waals surface area contributed by atoms with Crippen LogP contribution < -0.4 is 0 Å². The molecule has 3 N–H and O–H groups in total. The van der Waals surface area contributed by atoms with Gasteiger partial charge in [0, 0.05) is 7.11 Å². The summed E-state index contributed by atoms with van der Waals surface area (Å²) >= 11 is 0. The van der Waals surface area contributed by atoms with E-state index in [1.165, 1.54) is 0 Å². The largest absolute Gasteiger partial charge is 0.496 e. The van der Waals surface area contributed by atoms with Crippen molar-refractivity contribution in [2.75, 3.05) is 7.11 Å². The zero-order valence-corrected chi connectivity index (χ0v) is 7.07. The molecule has 0 aromatic rings. The summed E-state index contributed by atoms with van der Waals surface area (Å²) in [6, 6.07) is 0. The van der Waals surface area contributed by atoms with Gasteiger partial charge in [-0.1, -0.05) is 0 Å². The molecule has 10 heteroatoms. The summed E-state index contributed by atoms with van der Waals surface area (Å²) in [4.78, 5) is 15.4. The van der Waals surface area contributed by atoms with Gasteiger partial charge in [-0.05, 0) is 0 Å². The Morgan fingerprint density at radius 1 is 1.36 bits per heavy atom. The van der Waals surface area contributed by atoms with Gasteiger partial charge < -0.3 is 9.79 Å². The summed E-state index contributed by atoms with van der Waals surface area (Å²) < 4.78 is 33.6. The lowest BCUT2D eigenvalue weighted by atomic mass is 11.8. The van der Waals surface area contributed by atoms with Crippen molar-refractivity contribution in [1.82, 2.24) is 0 Å². The molecule has 0 amide bonds. The fourth-order valence-corrected chi connectivity index (χ4v) is 0. The lowest BCUT2D eigenvalue weighted by Crippen LogP contribution is -1.76. The van der Waals surface area contributed by atoms with Gasteiger partial charge in [0.15, 0.2) is 0 Å². The van der Waals surface area contributed by atoms with Crippen LogP contribution in [0.15, 0.2) is 0 Å². The average molecular weight is 208 g/mol. The van der Waals surface area contributed by atoms with Crippen LogP contribution in [0, 0.1) is 0 Å². The fourth-order valence-electron chi connectivity index (χ4n) is 0. The predicted octanol–water partition coefficient (Wildman–Crippen LogP) is 0.289. The van der Waals surface area contributed by atoms with Gasteiger partial charge >= 0.3 is 15.7 Å². The van der Waals surface area contributed by atoms with Crippen molar-refractivity contribution in [3.63, 3.8) is 0 Å². The first kappa shape index (κ1) is 13.5. The summed E-state index contributed by atoms with van der Waals surface area (Å²) in [7, 11) is -6.24. The molecule has 0 saturated carbocycles. The molecule has 0 aromatic heterocycles. The van der Waals surface area contributed by atoms with Gasteiger partial charge in [-0.25, -0.2) is 19.0 Å². The van der Waals surface area contributed by atoms with E-state index in [0.29, 0.717) is 0 Å². The second kappa shape index (κ2) is 6.63. The number of hydrogen-bond donors (Lipinski definition) is 3. The predicted molar refractivity (Wildman–Crippen MR) is 31.1 cm³/mol. The molecule has 8 nitrogen and oxygen atoms in total. The summed E-state index contributed by atoms with van der Waals surface area (Å²) in [5.74, 6) is 0. The number of phosphoric ester groups is 1. The third-order valence-corrected chi connectivity index (χ3v) is 0.914. The summed E-state index contributed by atoms with van der Waals surface area (Å²) in [6.45, 7) is 0. The Morgan fingerprint density at radius 2 is 1.55 bits per heavy atom. The van der Waals surface area contributed by atoms with Crippen LogP contribution in [-0.2, 0) is 22.9 Å². The Balaban J connectivity index is 0. The fraction of sp³-hybridized carbons (Fsp3) is 1.00. The van der Waals surface area contributed by atoms with Crippen molar-refractivity contribution < 1.29 is 37.9 Å². The van der Waals surface area contributed by atoms with E-state index >= 15 is 0 Å². The molecule has 0 aromatic carbocycles. The van der Waals surface area contributed by atoms with E-state index in [1.54, 1.807) is 0 Å². The number of rotatable bonds is 2. The highest BCUT2D eigenvalue weighted by atomic mass is 31.2. The van der Waals surface area contributed by atoms with Gasteiger partial charge in [0.25, 0.3) is 0 Å². The zero-order chi connectivity index (χ0) is 9.49. The summed E-state index contributed by atoms with van der Waals surface area (Å²) in [6.07, 6.45) is 0. The lowest BCUT2D eigenvalue weighted by Gasteiger charge is -1.93. The molecule has 0 aliphatic heterocycles. The molecule has 0 atom stereocenters. The van der Waals surface area contributed by atoms with Gasteiger partial charge in [0.2, 0.25) is 0 Å². The second-order valence-corrected chi connectivity index (χ2v) is 2.94. The highest BCUT2D eigenvalue weighted by Gasteiger charge is 2.07. The Bertz CT molecular complexity index is 178. The summed E-state index contributed by atoms with van der Waals surface area (Å²) in [5.41, 5.74) is 0. The highest BCUT2D eigenvalue weighted by Crippen LogP contribution is 2.33. The van der Waals surface area contributed by atoms with Gasteiger partial charge in [-0.2, -0.15) is 0 Å². The molecule has 0 aliphatic rings. The highest BCUT2D eigenvalue weighted by molar-refractivity contribution is 7.46. The van der Waals surface area contributed by atoms with E-state index in [4.69, 9.17) is 24.2 Å². The Hall–Kier alpha value is -0.0700. The van der Waals surface area contributed by atoms with Crippen LogP contribution >= 0.6 is 15.7 Å². The van der Waals surface area contributed by atoms with Gasteiger partial charge in [-0.15, -0.1) is 4.67 Å². The molecule has 0 unspecified atom stereocenters. The molecule has 0 heterocycles. The quantitative estimate of drug-likeness (QED) is 0.335. The first-order chi connectivity index (χ1) is 4.83. The Morgan fingerprint density at radius 3 is 1.55 bits per heavy atom. The van der Waals surface area contributed by atoms with E-state index in [9.17, 15) is 4.57 Å². The minimum Gasteiger partial charge on any atom is -0.303 e. The molecular weight excluding hydrogens is 202 g/mol. The minimum atomic E-state index is -4.15. The maximum absolute atomic E-state index is 9.47. The van der Waals surface area contributed by atoms with E-state index in [2.05, 4.69) is 9.20 Å². The monoisotopic (exact) mass is 208 g/mol. The molecule has 0 bridgehead atoms. The van der Waals surface area contributed by atoms with E-state index in [1.807, 2.05) is 0 Å². The number of hydrogen-bond acceptors (Lipinski definition) is 6. The van der Waals surface area contributed by atoms with Crippen molar-refractivity contribution in [3.8, 4) is 0 Å². The smallest absolute Gasteiger partial charge is 0.303 e. The Kier molecular flexibility index (Phi) is 8.14. The lowest BCUT2D eigenvalue weighted by molar-refractivity contribution is -0.132. The van der Waals surface area contributed by atoms with Crippen LogP contribution in [0.3, 0.4) is 0 Å². The van der Waals surface area contributed by atoms with Crippen LogP contribution in [-0.4, -0.2) is 22.2 Å². The van der Waals surface area contributed by atoms with Gasteiger partial charge in [0.05, 0.1) is 0 Å². The normalized spacial score (nSPS) is 9.82. The van der Waals surface area contributed by atoms with Crippen molar-refractivity contribution in [2.45, 2.75) is 0 Å². The molecule has 0 spiro atoms. The van der Waals surface area contributed by atoms with Crippen molar-refractivity contribution >= 4 is 15.7 Å². The average Bonchev–Trinajstić information content (AvgIpc) is 1.88.